The van der Waals surface area contributed by atoms with Gasteiger partial charge in [0.05, 0.1) is 0 Å². The van der Waals surface area contributed by atoms with Crippen molar-refractivity contribution in [3.8, 4) is 0 Å². The lowest BCUT2D eigenvalue weighted by atomic mass is 10.1. The Morgan fingerprint density at radius 3 is 3.00 bits per heavy atom. The molecule has 3 heteroatoms. The second-order valence-corrected chi connectivity index (χ2v) is 5.38. The first-order valence-corrected chi connectivity index (χ1v) is 6.29. The van der Waals surface area contributed by atoms with Crippen LogP contribution in [0.1, 0.15) is 31.5 Å². The summed E-state index contributed by atoms with van der Waals surface area (Å²) in [7, 11) is 2.06. The maximum atomic E-state index is 4.32. The Bertz CT molecular complexity index is 291. The first-order chi connectivity index (χ1) is 6.77. The van der Waals surface area contributed by atoms with E-state index < -0.39 is 0 Å². The Hall–Kier alpha value is -0.310. The highest BCUT2D eigenvalue weighted by Crippen LogP contribution is 2.38. The second-order valence-electron chi connectivity index (χ2n) is 4.20. The van der Waals surface area contributed by atoms with Crippen LogP contribution in [0.2, 0.25) is 0 Å². The van der Waals surface area contributed by atoms with Crippen LogP contribution in [0, 0.1) is 5.92 Å². The summed E-state index contributed by atoms with van der Waals surface area (Å²) in [5.41, 5.74) is 0. The van der Waals surface area contributed by atoms with Gasteiger partial charge in [-0.3, -0.25) is 0 Å². The molecule has 1 saturated carbocycles. The van der Waals surface area contributed by atoms with Crippen molar-refractivity contribution in [2.45, 2.75) is 36.9 Å². The fourth-order valence-corrected chi connectivity index (χ4v) is 2.64. The zero-order valence-electron chi connectivity index (χ0n) is 8.62. The topological polar surface area (TPSA) is 17.8 Å². The van der Waals surface area contributed by atoms with Crippen molar-refractivity contribution in [2.24, 2.45) is 13.0 Å². The number of nitrogens with zero attached hydrogens (tertiary/aromatic N) is 2. The Kier molecular flexibility index (Phi) is 3.26. The molecular formula is C11H17BrN2. The normalized spacial score (nSPS) is 18.4. The van der Waals surface area contributed by atoms with E-state index in [0.29, 0.717) is 0 Å². The number of imidazole rings is 1. The highest BCUT2D eigenvalue weighted by Gasteiger charge is 2.28. The summed E-state index contributed by atoms with van der Waals surface area (Å²) in [5, 5.41) is 0. The third-order valence-electron chi connectivity index (χ3n) is 2.93. The zero-order chi connectivity index (χ0) is 9.97. The smallest absolute Gasteiger partial charge is 0.108 e. The Labute approximate surface area is 93.9 Å². The number of halogens is 1. The summed E-state index contributed by atoms with van der Waals surface area (Å²) in [5.74, 6) is 2.18. The molecule has 0 saturated heterocycles. The average Bonchev–Trinajstić information content (AvgIpc) is 2.93. The fraction of sp³-hybridized carbons (Fsp3) is 0.727. The molecule has 0 aromatic carbocycles. The first kappa shape index (κ1) is 10.2. The molecule has 1 aromatic rings. The molecule has 0 spiro atoms. The quantitative estimate of drug-likeness (QED) is 0.741. The maximum absolute atomic E-state index is 4.32. The van der Waals surface area contributed by atoms with E-state index in [1.54, 1.807) is 0 Å². The summed E-state index contributed by atoms with van der Waals surface area (Å²) in [6.45, 7) is 0. The van der Waals surface area contributed by atoms with E-state index in [1.165, 1.54) is 31.5 Å². The van der Waals surface area contributed by atoms with Crippen LogP contribution in [-0.4, -0.2) is 14.4 Å². The van der Waals surface area contributed by atoms with E-state index in [2.05, 4.69) is 32.5 Å². The molecule has 1 aliphatic rings. The van der Waals surface area contributed by atoms with Crippen LogP contribution in [0.3, 0.4) is 0 Å². The monoisotopic (exact) mass is 256 g/mol. The molecule has 0 bridgehead atoms. The summed E-state index contributed by atoms with van der Waals surface area (Å²) < 4.78 is 2.11. The van der Waals surface area contributed by atoms with Crippen LogP contribution < -0.4 is 0 Å². The molecular weight excluding hydrogens is 240 g/mol. The molecule has 0 aliphatic heterocycles. The zero-order valence-corrected chi connectivity index (χ0v) is 10.2. The molecule has 1 unspecified atom stereocenters. The van der Waals surface area contributed by atoms with E-state index in [9.17, 15) is 0 Å². The molecule has 1 aliphatic carbocycles. The lowest BCUT2D eigenvalue weighted by Crippen LogP contribution is -2.03. The van der Waals surface area contributed by atoms with Crippen LogP contribution in [0.25, 0.3) is 0 Å². The van der Waals surface area contributed by atoms with Crippen LogP contribution in [0.15, 0.2) is 12.4 Å². The van der Waals surface area contributed by atoms with Crippen molar-refractivity contribution in [3.63, 3.8) is 0 Å². The minimum Gasteiger partial charge on any atom is -0.338 e. The highest BCUT2D eigenvalue weighted by atomic mass is 79.9. The number of aryl methyl sites for hydroxylation is 2. The number of hydrogen-bond acceptors (Lipinski definition) is 1. The lowest BCUT2D eigenvalue weighted by molar-refractivity contribution is 0.630. The van der Waals surface area contributed by atoms with Gasteiger partial charge in [-0.15, -0.1) is 0 Å². The molecule has 2 nitrogen and oxygen atoms in total. The molecule has 0 radical (unpaired) electrons. The average molecular weight is 257 g/mol. The second kappa shape index (κ2) is 4.47. The summed E-state index contributed by atoms with van der Waals surface area (Å²) in [6, 6.07) is 0. The maximum Gasteiger partial charge on any atom is 0.108 e. The summed E-state index contributed by atoms with van der Waals surface area (Å²) >= 11 is 3.76. The minimum absolute atomic E-state index is 0.753. The summed E-state index contributed by atoms with van der Waals surface area (Å²) in [4.78, 5) is 5.07. The van der Waals surface area contributed by atoms with Crippen LogP contribution in [0.4, 0.5) is 0 Å². The van der Waals surface area contributed by atoms with Gasteiger partial charge in [-0.2, -0.15) is 0 Å². The van der Waals surface area contributed by atoms with E-state index in [4.69, 9.17) is 0 Å². The lowest BCUT2D eigenvalue weighted by Gasteiger charge is -2.07. The SMILES string of the molecule is Cn1ccnc1CCCC(Br)C1CC1. The standard InChI is InChI=1S/C11H17BrN2/c1-14-8-7-13-11(14)4-2-3-10(12)9-5-6-9/h7-10H,2-6H2,1H3. The van der Waals surface area contributed by atoms with Gasteiger partial charge in [0.25, 0.3) is 0 Å². The first-order valence-electron chi connectivity index (χ1n) is 5.37. The van der Waals surface area contributed by atoms with E-state index in [0.717, 1.165) is 17.2 Å². The Morgan fingerprint density at radius 1 is 1.64 bits per heavy atom. The summed E-state index contributed by atoms with van der Waals surface area (Å²) in [6.07, 6.45) is 10.4. The molecule has 2 rings (SSSR count). The van der Waals surface area contributed by atoms with Gasteiger partial charge in [-0.05, 0) is 31.6 Å². The fourth-order valence-electron chi connectivity index (χ4n) is 1.79. The van der Waals surface area contributed by atoms with Gasteiger partial charge < -0.3 is 4.57 Å². The predicted octanol–water partition coefficient (Wildman–Crippen LogP) is 2.92. The van der Waals surface area contributed by atoms with Gasteiger partial charge in [0.2, 0.25) is 0 Å². The van der Waals surface area contributed by atoms with Crippen molar-refractivity contribution < 1.29 is 0 Å². The third kappa shape index (κ3) is 2.59. The Morgan fingerprint density at radius 2 is 2.43 bits per heavy atom. The van der Waals surface area contributed by atoms with Crippen molar-refractivity contribution in [1.82, 2.24) is 9.55 Å². The largest absolute Gasteiger partial charge is 0.338 e. The highest BCUT2D eigenvalue weighted by molar-refractivity contribution is 9.09. The van der Waals surface area contributed by atoms with Gasteiger partial charge in [0.1, 0.15) is 5.82 Å². The van der Waals surface area contributed by atoms with Crippen molar-refractivity contribution >= 4 is 15.9 Å². The van der Waals surface area contributed by atoms with Gasteiger partial charge in [0, 0.05) is 30.7 Å². The van der Waals surface area contributed by atoms with Gasteiger partial charge in [-0.1, -0.05) is 15.9 Å². The molecule has 78 valence electrons. The van der Waals surface area contributed by atoms with Crippen molar-refractivity contribution in [1.29, 1.82) is 0 Å². The number of alkyl halides is 1. The Balaban J connectivity index is 1.69. The molecule has 14 heavy (non-hydrogen) atoms. The number of aromatic nitrogens is 2. The van der Waals surface area contributed by atoms with Crippen LogP contribution in [-0.2, 0) is 13.5 Å². The molecule has 0 amide bonds. The molecule has 1 fully saturated rings. The predicted molar refractivity (Wildman–Crippen MR) is 61.6 cm³/mol. The van der Waals surface area contributed by atoms with E-state index in [-0.39, 0.29) is 0 Å². The van der Waals surface area contributed by atoms with Crippen LogP contribution in [0.5, 0.6) is 0 Å². The molecule has 1 heterocycles. The van der Waals surface area contributed by atoms with E-state index in [1.807, 2.05) is 12.4 Å². The molecule has 0 N–H and O–H groups in total. The molecule has 1 aromatic heterocycles. The van der Waals surface area contributed by atoms with Gasteiger partial charge in [-0.25, -0.2) is 4.98 Å². The number of rotatable bonds is 5. The van der Waals surface area contributed by atoms with Crippen LogP contribution >= 0.6 is 15.9 Å². The minimum atomic E-state index is 0.753. The van der Waals surface area contributed by atoms with Crippen molar-refractivity contribution in [3.05, 3.63) is 18.2 Å². The van der Waals surface area contributed by atoms with Crippen molar-refractivity contribution in [2.75, 3.05) is 0 Å². The molecule has 1 atom stereocenters. The van der Waals surface area contributed by atoms with Gasteiger partial charge >= 0.3 is 0 Å². The van der Waals surface area contributed by atoms with E-state index >= 15 is 0 Å². The van der Waals surface area contributed by atoms with Gasteiger partial charge in [0.15, 0.2) is 0 Å². The number of hydrogen-bond donors (Lipinski definition) is 0. The third-order valence-corrected chi connectivity index (χ3v) is 4.14.